The van der Waals surface area contributed by atoms with Crippen molar-refractivity contribution in [1.82, 2.24) is 0 Å². The van der Waals surface area contributed by atoms with Crippen LogP contribution in [0.25, 0.3) is 0 Å². The monoisotopic (exact) mass is 337 g/mol. The van der Waals surface area contributed by atoms with Gasteiger partial charge in [-0.05, 0) is 55.4 Å². The predicted octanol–water partition coefficient (Wildman–Crippen LogP) is 5.22. The smallest absolute Gasteiger partial charge is 0.228 e. The van der Waals surface area contributed by atoms with Crippen LogP contribution in [0.1, 0.15) is 50.7 Å². The minimum atomic E-state index is 0.113. The summed E-state index contributed by atoms with van der Waals surface area (Å²) < 4.78 is 1.12. The van der Waals surface area contributed by atoms with Gasteiger partial charge in [-0.1, -0.05) is 42.6 Å². The predicted molar refractivity (Wildman–Crippen MR) is 88.0 cm³/mol. The summed E-state index contributed by atoms with van der Waals surface area (Å²) in [5.74, 6) is 0.302. The summed E-state index contributed by atoms with van der Waals surface area (Å²) in [6.45, 7) is 8.54. The molecule has 1 N–H and O–H groups in total. The quantitative estimate of drug-likeness (QED) is 0.787. The molecule has 0 aliphatic heterocycles. The molecule has 2 nitrogen and oxygen atoms in total. The second kappa shape index (κ2) is 5.88. The van der Waals surface area contributed by atoms with Gasteiger partial charge in [0.25, 0.3) is 0 Å². The van der Waals surface area contributed by atoms with Crippen molar-refractivity contribution in [2.24, 2.45) is 11.3 Å². The number of carbonyl (C=O) groups is 1. The highest BCUT2D eigenvalue weighted by molar-refractivity contribution is 9.10. The number of nitrogens with one attached hydrogen (secondary N) is 1. The van der Waals surface area contributed by atoms with Gasteiger partial charge >= 0.3 is 0 Å². The summed E-state index contributed by atoms with van der Waals surface area (Å²) in [5.41, 5.74) is 3.34. The molecule has 1 aromatic rings. The van der Waals surface area contributed by atoms with Gasteiger partial charge in [0, 0.05) is 16.1 Å². The van der Waals surface area contributed by atoms with E-state index in [0.717, 1.165) is 34.1 Å². The van der Waals surface area contributed by atoms with Crippen molar-refractivity contribution in [3.63, 3.8) is 0 Å². The fraction of sp³-hybridized carbons (Fsp3) is 0.588. The molecule has 1 amide bonds. The zero-order chi connectivity index (χ0) is 14.9. The molecule has 2 rings (SSSR count). The molecule has 0 saturated heterocycles. The zero-order valence-electron chi connectivity index (χ0n) is 12.8. The third-order valence-electron chi connectivity index (χ3n) is 4.53. The van der Waals surface area contributed by atoms with E-state index in [1.165, 1.54) is 12.8 Å². The first-order valence-electron chi connectivity index (χ1n) is 7.39. The Labute approximate surface area is 130 Å². The molecule has 20 heavy (non-hydrogen) atoms. The van der Waals surface area contributed by atoms with Crippen LogP contribution in [0.5, 0.6) is 0 Å². The van der Waals surface area contributed by atoms with Gasteiger partial charge in [-0.2, -0.15) is 0 Å². The summed E-state index contributed by atoms with van der Waals surface area (Å²) in [6.07, 6.45) is 4.56. The van der Waals surface area contributed by atoms with E-state index in [1.807, 2.05) is 12.1 Å². The van der Waals surface area contributed by atoms with E-state index >= 15 is 0 Å². The van der Waals surface area contributed by atoms with Crippen LogP contribution in [-0.2, 0) is 4.79 Å². The maximum Gasteiger partial charge on any atom is 0.228 e. The van der Waals surface area contributed by atoms with Gasteiger partial charge in [0.05, 0.1) is 0 Å². The largest absolute Gasteiger partial charge is 0.326 e. The van der Waals surface area contributed by atoms with Gasteiger partial charge in [0.1, 0.15) is 0 Å². The second-order valence-electron chi connectivity index (χ2n) is 6.70. The molecular weight excluding hydrogens is 314 g/mol. The lowest BCUT2D eigenvalue weighted by atomic mass is 9.68. The molecule has 1 atom stereocenters. The molecule has 0 bridgehead atoms. The van der Waals surface area contributed by atoms with Crippen LogP contribution in [0, 0.1) is 25.2 Å². The van der Waals surface area contributed by atoms with Crippen molar-refractivity contribution in [2.75, 3.05) is 5.32 Å². The number of hydrogen-bond acceptors (Lipinski definition) is 1. The lowest BCUT2D eigenvalue weighted by Gasteiger charge is -2.37. The average Bonchev–Trinajstić information content (AvgIpc) is 2.35. The Morgan fingerprint density at radius 1 is 1.25 bits per heavy atom. The highest BCUT2D eigenvalue weighted by atomic mass is 79.9. The Hall–Kier alpha value is -0.830. The van der Waals surface area contributed by atoms with Crippen LogP contribution in [0.4, 0.5) is 5.69 Å². The normalized spacial score (nSPS) is 21.6. The Bertz CT molecular complexity index is 499. The number of hydrogen-bond donors (Lipinski definition) is 1. The van der Waals surface area contributed by atoms with Crippen molar-refractivity contribution in [3.05, 3.63) is 27.7 Å². The molecule has 1 fully saturated rings. The molecule has 110 valence electrons. The number of amides is 1. The Morgan fingerprint density at radius 3 is 2.40 bits per heavy atom. The summed E-state index contributed by atoms with van der Waals surface area (Å²) in [7, 11) is 0. The molecular formula is C17H24BrNO. The maximum absolute atomic E-state index is 12.6. The van der Waals surface area contributed by atoms with Crippen LogP contribution in [0.15, 0.2) is 16.6 Å². The van der Waals surface area contributed by atoms with Crippen LogP contribution in [-0.4, -0.2) is 5.91 Å². The van der Waals surface area contributed by atoms with Gasteiger partial charge in [-0.25, -0.2) is 0 Å². The summed E-state index contributed by atoms with van der Waals surface area (Å²) >= 11 is 3.56. The number of anilines is 1. The average molecular weight is 338 g/mol. The molecule has 0 aromatic heterocycles. The fourth-order valence-corrected chi connectivity index (χ4v) is 3.46. The second-order valence-corrected chi connectivity index (χ2v) is 7.49. The van der Waals surface area contributed by atoms with Gasteiger partial charge < -0.3 is 5.32 Å². The number of benzene rings is 1. The SMILES string of the molecule is Cc1cc(NC(=O)C2CCCCC2(C)C)cc(C)c1Br. The standard InChI is InChI=1S/C17H24BrNO/c1-11-9-13(10-12(2)15(11)18)19-16(20)14-7-5-6-8-17(14,3)4/h9-10,14H,5-8H2,1-4H3,(H,19,20). The van der Waals surface area contributed by atoms with Crippen LogP contribution < -0.4 is 5.32 Å². The minimum Gasteiger partial charge on any atom is -0.326 e. The topological polar surface area (TPSA) is 29.1 Å². The first-order valence-corrected chi connectivity index (χ1v) is 8.18. The Morgan fingerprint density at radius 2 is 1.85 bits per heavy atom. The van der Waals surface area contributed by atoms with Crippen LogP contribution in [0.2, 0.25) is 0 Å². The lowest BCUT2D eigenvalue weighted by Crippen LogP contribution is -2.37. The first kappa shape index (κ1) is 15.6. The highest BCUT2D eigenvalue weighted by Crippen LogP contribution is 2.41. The molecule has 1 aliphatic carbocycles. The summed E-state index contributed by atoms with van der Waals surface area (Å²) in [4.78, 5) is 12.6. The molecule has 1 aliphatic rings. The summed E-state index contributed by atoms with van der Waals surface area (Å²) in [6, 6.07) is 4.07. The number of aryl methyl sites for hydroxylation is 2. The number of rotatable bonds is 2. The zero-order valence-corrected chi connectivity index (χ0v) is 14.4. The first-order chi connectivity index (χ1) is 9.31. The van der Waals surface area contributed by atoms with E-state index in [0.29, 0.717) is 0 Å². The maximum atomic E-state index is 12.6. The fourth-order valence-electron chi connectivity index (χ4n) is 3.23. The van der Waals surface area contributed by atoms with Crippen molar-refractivity contribution in [1.29, 1.82) is 0 Å². The van der Waals surface area contributed by atoms with Crippen molar-refractivity contribution >= 4 is 27.5 Å². The van der Waals surface area contributed by atoms with Crippen LogP contribution in [0.3, 0.4) is 0 Å². The van der Waals surface area contributed by atoms with E-state index in [4.69, 9.17) is 0 Å². The lowest BCUT2D eigenvalue weighted by molar-refractivity contribution is -0.124. The van der Waals surface area contributed by atoms with E-state index in [1.54, 1.807) is 0 Å². The molecule has 1 saturated carbocycles. The number of halogens is 1. The third-order valence-corrected chi connectivity index (χ3v) is 5.78. The molecule has 0 radical (unpaired) electrons. The van der Waals surface area contributed by atoms with E-state index < -0.39 is 0 Å². The highest BCUT2D eigenvalue weighted by Gasteiger charge is 2.37. The van der Waals surface area contributed by atoms with Crippen molar-refractivity contribution in [3.8, 4) is 0 Å². The van der Waals surface area contributed by atoms with Gasteiger partial charge in [0.15, 0.2) is 0 Å². The molecule has 3 heteroatoms. The number of carbonyl (C=O) groups excluding carboxylic acids is 1. The van der Waals surface area contributed by atoms with Crippen molar-refractivity contribution in [2.45, 2.75) is 53.4 Å². The van der Waals surface area contributed by atoms with E-state index in [2.05, 4.69) is 48.9 Å². The van der Waals surface area contributed by atoms with Crippen LogP contribution >= 0.6 is 15.9 Å². The molecule has 1 aromatic carbocycles. The van der Waals surface area contributed by atoms with Gasteiger partial charge in [-0.15, -0.1) is 0 Å². The Kier molecular flexibility index (Phi) is 4.58. The van der Waals surface area contributed by atoms with Gasteiger partial charge in [-0.3, -0.25) is 4.79 Å². The van der Waals surface area contributed by atoms with Crippen molar-refractivity contribution < 1.29 is 4.79 Å². The van der Waals surface area contributed by atoms with Gasteiger partial charge in [0.2, 0.25) is 5.91 Å². The molecule has 0 heterocycles. The Balaban J connectivity index is 2.15. The van der Waals surface area contributed by atoms with E-state index in [9.17, 15) is 4.79 Å². The van der Waals surface area contributed by atoms with E-state index in [-0.39, 0.29) is 17.2 Å². The third kappa shape index (κ3) is 3.25. The molecule has 1 unspecified atom stereocenters. The molecule has 0 spiro atoms. The summed E-state index contributed by atoms with van der Waals surface area (Å²) in [5, 5.41) is 3.12. The minimum absolute atomic E-state index is 0.113.